The summed E-state index contributed by atoms with van der Waals surface area (Å²) in [5.74, 6) is 0.905. The van der Waals surface area contributed by atoms with Gasteiger partial charge in [-0.15, -0.1) is 5.10 Å². The quantitative estimate of drug-likeness (QED) is 0.754. The molecule has 1 aliphatic rings. The van der Waals surface area contributed by atoms with E-state index in [0.29, 0.717) is 23.0 Å². The van der Waals surface area contributed by atoms with Crippen molar-refractivity contribution in [2.75, 3.05) is 13.1 Å². The smallest absolute Gasteiger partial charge is 0.281 e. The number of hydrogen-bond donors (Lipinski definition) is 2. The molecule has 0 amide bonds. The Morgan fingerprint density at radius 3 is 3.00 bits per heavy atom. The van der Waals surface area contributed by atoms with Gasteiger partial charge in [-0.05, 0) is 31.0 Å². The van der Waals surface area contributed by atoms with Gasteiger partial charge in [0.25, 0.3) is 5.56 Å². The number of halogens is 1. The molecule has 0 bridgehead atoms. The van der Waals surface area contributed by atoms with Crippen molar-refractivity contribution in [2.24, 2.45) is 0 Å². The molecular formula is C16H17ClN6O. The second kappa shape index (κ2) is 6.33. The topological polar surface area (TPSA) is 88.5 Å². The summed E-state index contributed by atoms with van der Waals surface area (Å²) < 4.78 is 1.63. The van der Waals surface area contributed by atoms with E-state index in [0.717, 1.165) is 31.5 Å². The van der Waals surface area contributed by atoms with Crippen LogP contribution in [0.3, 0.4) is 0 Å². The predicted octanol–water partition coefficient (Wildman–Crippen LogP) is 1.68. The highest BCUT2D eigenvalue weighted by atomic mass is 35.5. The average molecular weight is 345 g/mol. The van der Waals surface area contributed by atoms with Crippen molar-refractivity contribution in [3.63, 3.8) is 0 Å². The zero-order valence-electron chi connectivity index (χ0n) is 13.0. The van der Waals surface area contributed by atoms with Crippen LogP contribution in [0.25, 0.3) is 11.2 Å². The highest BCUT2D eigenvalue weighted by molar-refractivity contribution is 6.31. The maximum atomic E-state index is 12.3. The zero-order chi connectivity index (χ0) is 16.5. The van der Waals surface area contributed by atoms with E-state index in [1.165, 1.54) is 0 Å². The van der Waals surface area contributed by atoms with E-state index in [1.54, 1.807) is 4.68 Å². The first-order valence-electron chi connectivity index (χ1n) is 8.00. The molecule has 2 aromatic heterocycles. The molecule has 8 heteroatoms. The second-order valence-corrected chi connectivity index (χ2v) is 6.41. The number of hydrogen-bond acceptors (Lipinski definition) is 5. The lowest BCUT2D eigenvalue weighted by molar-refractivity contribution is 0.446. The largest absolute Gasteiger partial charge is 0.316 e. The molecular weight excluding hydrogens is 328 g/mol. The van der Waals surface area contributed by atoms with E-state index in [2.05, 4.69) is 25.6 Å². The van der Waals surface area contributed by atoms with Crippen LogP contribution in [0.2, 0.25) is 5.02 Å². The lowest BCUT2D eigenvalue weighted by Crippen LogP contribution is -2.30. The number of aromatic nitrogens is 5. The summed E-state index contributed by atoms with van der Waals surface area (Å²) in [7, 11) is 0. The molecule has 124 valence electrons. The summed E-state index contributed by atoms with van der Waals surface area (Å²) in [5.41, 5.74) is 1.42. The van der Waals surface area contributed by atoms with Crippen LogP contribution in [-0.2, 0) is 6.54 Å². The first kappa shape index (κ1) is 15.3. The van der Waals surface area contributed by atoms with Crippen LogP contribution in [0, 0.1) is 0 Å². The summed E-state index contributed by atoms with van der Waals surface area (Å²) >= 11 is 6.22. The van der Waals surface area contributed by atoms with Crippen LogP contribution in [0.1, 0.15) is 30.1 Å². The van der Waals surface area contributed by atoms with Crippen LogP contribution >= 0.6 is 11.6 Å². The van der Waals surface area contributed by atoms with Gasteiger partial charge in [-0.1, -0.05) is 35.0 Å². The number of benzene rings is 1. The Bertz CT molecular complexity index is 928. The third-order valence-corrected chi connectivity index (χ3v) is 4.72. The van der Waals surface area contributed by atoms with Gasteiger partial charge < -0.3 is 10.3 Å². The van der Waals surface area contributed by atoms with Gasteiger partial charge in [0, 0.05) is 17.5 Å². The minimum absolute atomic E-state index is 0.208. The molecule has 3 aromatic rings. The van der Waals surface area contributed by atoms with Crippen molar-refractivity contribution in [3.05, 3.63) is 51.0 Å². The molecule has 0 aliphatic carbocycles. The van der Waals surface area contributed by atoms with Crippen molar-refractivity contribution in [1.29, 1.82) is 0 Å². The third-order valence-electron chi connectivity index (χ3n) is 4.35. The lowest BCUT2D eigenvalue weighted by atomic mass is 9.99. The first-order valence-corrected chi connectivity index (χ1v) is 8.37. The van der Waals surface area contributed by atoms with Crippen molar-refractivity contribution in [3.8, 4) is 0 Å². The molecule has 1 aliphatic heterocycles. The van der Waals surface area contributed by atoms with E-state index in [-0.39, 0.29) is 17.0 Å². The van der Waals surface area contributed by atoms with Gasteiger partial charge in [0.2, 0.25) is 0 Å². The Hall–Kier alpha value is -2.25. The lowest BCUT2D eigenvalue weighted by Gasteiger charge is -2.21. The predicted molar refractivity (Wildman–Crippen MR) is 91.3 cm³/mol. The van der Waals surface area contributed by atoms with Crippen molar-refractivity contribution in [1.82, 2.24) is 30.3 Å². The number of fused-ring (bicyclic) bond motifs is 1. The molecule has 1 atom stereocenters. The average Bonchev–Trinajstić information content (AvgIpc) is 3.01. The molecule has 1 fully saturated rings. The molecule has 1 saturated heterocycles. The SMILES string of the molecule is O=c1[nH]c(C2CCCNC2)nc2c1nnn2Cc1ccccc1Cl. The van der Waals surface area contributed by atoms with Gasteiger partial charge >= 0.3 is 0 Å². The summed E-state index contributed by atoms with van der Waals surface area (Å²) in [4.78, 5) is 19.8. The van der Waals surface area contributed by atoms with Crippen LogP contribution in [-0.4, -0.2) is 38.1 Å². The molecule has 0 radical (unpaired) electrons. The van der Waals surface area contributed by atoms with E-state index < -0.39 is 0 Å². The maximum Gasteiger partial charge on any atom is 0.281 e. The van der Waals surface area contributed by atoms with Gasteiger partial charge in [0.1, 0.15) is 5.82 Å². The fraction of sp³-hybridized carbons (Fsp3) is 0.375. The normalized spacial score (nSPS) is 18.1. The van der Waals surface area contributed by atoms with Crippen molar-refractivity contribution < 1.29 is 0 Å². The molecule has 2 N–H and O–H groups in total. The Morgan fingerprint density at radius 1 is 1.33 bits per heavy atom. The number of nitrogens with zero attached hydrogens (tertiary/aromatic N) is 4. The first-order chi connectivity index (χ1) is 11.7. The molecule has 3 heterocycles. The number of rotatable bonds is 3. The van der Waals surface area contributed by atoms with Crippen LogP contribution in [0.5, 0.6) is 0 Å². The maximum absolute atomic E-state index is 12.3. The standard InChI is InChI=1S/C16H17ClN6O/c17-12-6-2-1-4-11(12)9-23-15-13(21-22-23)16(24)20-14(19-15)10-5-3-7-18-8-10/h1-2,4,6,10,18H,3,5,7-9H2,(H,19,20,24). The Kier molecular flexibility index (Phi) is 4.03. The minimum Gasteiger partial charge on any atom is -0.316 e. The summed E-state index contributed by atoms with van der Waals surface area (Å²) in [6.45, 7) is 2.25. The Balaban J connectivity index is 1.75. The molecule has 7 nitrogen and oxygen atoms in total. The molecule has 1 unspecified atom stereocenters. The van der Waals surface area contributed by atoms with Gasteiger partial charge in [0.05, 0.1) is 6.54 Å². The van der Waals surface area contributed by atoms with Crippen molar-refractivity contribution >= 4 is 22.8 Å². The Labute approximate surface area is 143 Å². The van der Waals surface area contributed by atoms with E-state index in [1.807, 2.05) is 24.3 Å². The summed E-state index contributed by atoms with van der Waals surface area (Å²) in [5, 5.41) is 12.1. The van der Waals surface area contributed by atoms with Gasteiger partial charge in [-0.25, -0.2) is 9.67 Å². The van der Waals surface area contributed by atoms with Crippen LogP contribution in [0.15, 0.2) is 29.1 Å². The third kappa shape index (κ3) is 2.81. The monoisotopic (exact) mass is 344 g/mol. The molecule has 4 rings (SSSR count). The van der Waals surface area contributed by atoms with Crippen LogP contribution < -0.4 is 10.9 Å². The minimum atomic E-state index is -0.244. The fourth-order valence-electron chi connectivity index (χ4n) is 3.06. The number of H-pyrrole nitrogens is 1. The van der Waals surface area contributed by atoms with Gasteiger partial charge in [0.15, 0.2) is 11.2 Å². The van der Waals surface area contributed by atoms with E-state index in [4.69, 9.17) is 11.6 Å². The summed E-state index contributed by atoms with van der Waals surface area (Å²) in [6.07, 6.45) is 2.08. The van der Waals surface area contributed by atoms with Crippen molar-refractivity contribution in [2.45, 2.75) is 25.3 Å². The van der Waals surface area contributed by atoms with E-state index >= 15 is 0 Å². The number of nitrogens with one attached hydrogen (secondary N) is 2. The molecule has 0 saturated carbocycles. The summed E-state index contributed by atoms with van der Waals surface area (Å²) in [6, 6.07) is 7.55. The van der Waals surface area contributed by atoms with Gasteiger partial charge in [-0.3, -0.25) is 4.79 Å². The highest BCUT2D eigenvalue weighted by Crippen LogP contribution is 2.21. The van der Waals surface area contributed by atoms with Crippen LogP contribution in [0.4, 0.5) is 0 Å². The zero-order valence-corrected chi connectivity index (χ0v) is 13.8. The van der Waals surface area contributed by atoms with Gasteiger partial charge in [-0.2, -0.15) is 0 Å². The highest BCUT2D eigenvalue weighted by Gasteiger charge is 2.20. The fourth-order valence-corrected chi connectivity index (χ4v) is 3.25. The molecule has 24 heavy (non-hydrogen) atoms. The molecule has 1 aromatic carbocycles. The number of piperidine rings is 1. The van der Waals surface area contributed by atoms with E-state index in [9.17, 15) is 4.79 Å². The second-order valence-electron chi connectivity index (χ2n) is 6.01. The molecule has 0 spiro atoms. The number of aromatic amines is 1. The Morgan fingerprint density at radius 2 is 2.21 bits per heavy atom.